The van der Waals surface area contributed by atoms with Crippen molar-refractivity contribution >= 4 is 0 Å². The molecule has 19 heavy (non-hydrogen) atoms. The minimum Gasteiger partial charge on any atom is -0.494 e. The second-order valence-electron chi connectivity index (χ2n) is 4.49. The van der Waals surface area contributed by atoms with Crippen molar-refractivity contribution in [2.45, 2.75) is 20.3 Å². The van der Waals surface area contributed by atoms with Gasteiger partial charge in [-0.05, 0) is 31.5 Å². The van der Waals surface area contributed by atoms with Crippen molar-refractivity contribution in [2.24, 2.45) is 0 Å². The second kappa shape index (κ2) is 6.83. The van der Waals surface area contributed by atoms with Gasteiger partial charge < -0.3 is 9.47 Å². The van der Waals surface area contributed by atoms with Gasteiger partial charge in [-0.3, -0.25) is 0 Å². The van der Waals surface area contributed by atoms with Gasteiger partial charge in [-0.1, -0.05) is 35.9 Å². The van der Waals surface area contributed by atoms with Gasteiger partial charge >= 0.3 is 0 Å². The lowest BCUT2D eigenvalue weighted by molar-refractivity contribution is 0.312. The maximum Gasteiger partial charge on any atom is 0.122 e. The molecule has 0 heterocycles. The molecule has 0 radical (unpaired) electrons. The molecule has 0 spiro atoms. The van der Waals surface area contributed by atoms with Crippen LogP contribution in [0.25, 0.3) is 0 Å². The zero-order valence-corrected chi connectivity index (χ0v) is 11.6. The number of benzene rings is 2. The molecule has 2 nitrogen and oxygen atoms in total. The normalized spacial score (nSPS) is 10.2. The molecular formula is C17H20O2. The quantitative estimate of drug-likeness (QED) is 0.777. The average Bonchev–Trinajstić information content (AvgIpc) is 2.42. The first-order valence-corrected chi connectivity index (χ1v) is 6.69. The molecule has 0 aromatic heterocycles. The second-order valence-corrected chi connectivity index (χ2v) is 4.49. The van der Waals surface area contributed by atoms with E-state index in [-0.39, 0.29) is 0 Å². The van der Waals surface area contributed by atoms with E-state index >= 15 is 0 Å². The summed E-state index contributed by atoms with van der Waals surface area (Å²) >= 11 is 0. The fourth-order valence-corrected chi connectivity index (χ4v) is 1.86. The Morgan fingerprint density at radius 3 is 2.26 bits per heavy atom. The third kappa shape index (κ3) is 4.32. The summed E-state index contributed by atoms with van der Waals surface area (Å²) in [6, 6.07) is 16.3. The molecule has 0 saturated heterocycles. The number of hydrogen-bond acceptors (Lipinski definition) is 2. The highest BCUT2D eigenvalue weighted by Gasteiger charge is 1.98. The number of aryl methyl sites for hydroxylation is 1. The van der Waals surface area contributed by atoms with Crippen molar-refractivity contribution in [1.29, 1.82) is 0 Å². The summed E-state index contributed by atoms with van der Waals surface area (Å²) in [5.74, 6) is 1.72. The van der Waals surface area contributed by atoms with Crippen molar-refractivity contribution in [1.82, 2.24) is 0 Å². The molecule has 0 N–H and O–H groups in total. The van der Waals surface area contributed by atoms with Crippen molar-refractivity contribution in [3.63, 3.8) is 0 Å². The lowest BCUT2D eigenvalue weighted by Gasteiger charge is -2.08. The maximum atomic E-state index is 5.75. The first kappa shape index (κ1) is 13.5. The molecule has 0 unspecified atom stereocenters. The van der Waals surface area contributed by atoms with Crippen LogP contribution in [0.4, 0.5) is 0 Å². The van der Waals surface area contributed by atoms with E-state index in [4.69, 9.17) is 9.47 Å². The molecule has 2 aromatic carbocycles. The van der Waals surface area contributed by atoms with E-state index in [0.717, 1.165) is 17.9 Å². The summed E-state index contributed by atoms with van der Waals surface area (Å²) in [7, 11) is 0. The average molecular weight is 256 g/mol. The standard InChI is InChI=1S/C17H20O2/c1-3-18-16-5-4-6-17(13-16)19-12-11-15-9-7-14(2)8-10-15/h4-10,13H,3,11-12H2,1-2H3. The van der Waals surface area contributed by atoms with Crippen LogP contribution in [0.3, 0.4) is 0 Å². The minimum atomic E-state index is 0.673. The molecule has 0 aliphatic heterocycles. The zero-order chi connectivity index (χ0) is 13.5. The molecule has 2 rings (SSSR count). The van der Waals surface area contributed by atoms with E-state index in [2.05, 4.69) is 31.2 Å². The van der Waals surface area contributed by atoms with Crippen molar-refractivity contribution in [2.75, 3.05) is 13.2 Å². The van der Waals surface area contributed by atoms with Gasteiger partial charge in [-0.15, -0.1) is 0 Å². The Labute approximate surface area is 115 Å². The fraction of sp³-hybridized carbons (Fsp3) is 0.294. The van der Waals surface area contributed by atoms with E-state index < -0.39 is 0 Å². The van der Waals surface area contributed by atoms with Gasteiger partial charge in [0.15, 0.2) is 0 Å². The highest BCUT2D eigenvalue weighted by Crippen LogP contribution is 2.19. The van der Waals surface area contributed by atoms with Crippen LogP contribution in [-0.2, 0) is 6.42 Å². The maximum absolute atomic E-state index is 5.75. The van der Waals surface area contributed by atoms with Crippen LogP contribution in [0.1, 0.15) is 18.1 Å². The van der Waals surface area contributed by atoms with Crippen LogP contribution in [0.5, 0.6) is 11.5 Å². The Bertz CT molecular complexity index is 503. The molecule has 2 aromatic rings. The molecule has 2 heteroatoms. The Hall–Kier alpha value is -1.96. The molecule has 0 aliphatic carbocycles. The van der Waals surface area contributed by atoms with Gasteiger partial charge in [0, 0.05) is 12.5 Å². The third-order valence-corrected chi connectivity index (χ3v) is 2.90. The smallest absolute Gasteiger partial charge is 0.122 e. The first-order chi connectivity index (χ1) is 9.28. The highest BCUT2D eigenvalue weighted by atomic mass is 16.5. The molecule has 100 valence electrons. The summed E-state index contributed by atoms with van der Waals surface area (Å²) in [5.41, 5.74) is 2.58. The number of hydrogen-bond donors (Lipinski definition) is 0. The van der Waals surface area contributed by atoms with Crippen molar-refractivity contribution < 1.29 is 9.47 Å². The van der Waals surface area contributed by atoms with Crippen LogP contribution in [0.2, 0.25) is 0 Å². The summed E-state index contributed by atoms with van der Waals surface area (Å²) in [4.78, 5) is 0. The fourth-order valence-electron chi connectivity index (χ4n) is 1.86. The largest absolute Gasteiger partial charge is 0.494 e. The summed E-state index contributed by atoms with van der Waals surface area (Å²) in [6.07, 6.45) is 0.916. The molecule has 0 aliphatic rings. The predicted octanol–water partition coefficient (Wildman–Crippen LogP) is 4.02. The number of rotatable bonds is 6. The van der Waals surface area contributed by atoms with Gasteiger partial charge in [-0.25, -0.2) is 0 Å². The topological polar surface area (TPSA) is 18.5 Å². The number of ether oxygens (including phenoxy) is 2. The van der Waals surface area contributed by atoms with E-state index in [1.54, 1.807) is 0 Å². The van der Waals surface area contributed by atoms with Crippen LogP contribution < -0.4 is 9.47 Å². The summed E-state index contributed by atoms with van der Waals surface area (Å²) in [5, 5.41) is 0. The monoisotopic (exact) mass is 256 g/mol. The molecule has 0 bridgehead atoms. The lowest BCUT2D eigenvalue weighted by Crippen LogP contribution is -2.01. The van der Waals surface area contributed by atoms with E-state index in [9.17, 15) is 0 Å². The third-order valence-electron chi connectivity index (χ3n) is 2.90. The van der Waals surface area contributed by atoms with Crippen molar-refractivity contribution in [3.8, 4) is 11.5 Å². The van der Waals surface area contributed by atoms with Gasteiger partial charge in [0.05, 0.1) is 13.2 Å². The van der Waals surface area contributed by atoms with Crippen LogP contribution in [-0.4, -0.2) is 13.2 Å². The van der Waals surface area contributed by atoms with Crippen LogP contribution in [0.15, 0.2) is 48.5 Å². The SMILES string of the molecule is CCOc1cccc(OCCc2ccc(C)cc2)c1. The van der Waals surface area contributed by atoms with E-state index in [0.29, 0.717) is 13.2 Å². The Morgan fingerprint density at radius 2 is 1.58 bits per heavy atom. The van der Waals surface area contributed by atoms with Crippen LogP contribution in [0, 0.1) is 6.92 Å². The van der Waals surface area contributed by atoms with E-state index in [1.165, 1.54) is 11.1 Å². The first-order valence-electron chi connectivity index (χ1n) is 6.69. The molecule has 0 atom stereocenters. The molecular weight excluding hydrogens is 236 g/mol. The molecule has 0 amide bonds. The lowest BCUT2D eigenvalue weighted by atomic mass is 10.1. The summed E-state index contributed by atoms with van der Waals surface area (Å²) < 4.78 is 11.2. The highest BCUT2D eigenvalue weighted by molar-refractivity contribution is 5.33. The Morgan fingerprint density at radius 1 is 0.895 bits per heavy atom. The summed E-state index contributed by atoms with van der Waals surface area (Å²) in [6.45, 7) is 5.43. The van der Waals surface area contributed by atoms with Gasteiger partial charge in [0.2, 0.25) is 0 Å². The van der Waals surface area contributed by atoms with Gasteiger partial charge in [0.25, 0.3) is 0 Å². The minimum absolute atomic E-state index is 0.673. The van der Waals surface area contributed by atoms with Crippen molar-refractivity contribution in [3.05, 3.63) is 59.7 Å². The zero-order valence-electron chi connectivity index (χ0n) is 11.6. The Balaban J connectivity index is 1.85. The van der Waals surface area contributed by atoms with Gasteiger partial charge in [0.1, 0.15) is 11.5 Å². The predicted molar refractivity (Wildman–Crippen MR) is 78.0 cm³/mol. The Kier molecular flexibility index (Phi) is 4.85. The van der Waals surface area contributed by atoms with E-state index in [1.807, 2.05) is 31.2 Å². The van der Waals surface area contributed by atoms with Crippen LogP contribution >= 0.6 is 0 Å². The molecule has 0 fully saturated rings. The van der Waals surface area contributed by atoms with Gasteiger partial charge in [-0.2, -0.15) is 0 Å². The molecule has 0 saturated carbocycles.